The van der Waals surface area contributed by atoms with Crippen molar-refractivity contribution in [3.05, 3.63) is 5.82 Å². The predicted molar refractivity (Wildman–Crippen MR) is 86.8 cm³/mol. The first-order chi connectivity index (χ1) is 11.1. The Kier molecular flexibility index (Phi) is 5.20. The second-order valence-electron chi connectivity index (χ2n) is 6.23. The number of piperidine rings is 1. The first-order valence-electron chi connectivity index (χ1n) is 8.27. The van der Waals surface area contributed by atoms with Gasteiger partial charge >= 0.3 is 0 Å². The summed E-state index contributed by atoms with van der Waals surface area (Å²) in [6.07, 6.45) is 6.10. The summed E-state index contributed by atoms with van der Waals surface area (Å²) in [5.41, 5.74) is 5.37. The number of amides is 2. The Morgan fingerprint density at radius 3 is 2.87 bits per heavy atom. The second kappa shape index (κ2) is 7.33. The van der Waals surface area contributed by atoms with Crippen molar-refractivity contribution in [3.8, 4) is 0 Å². The summed E-state index contributed by atoms with van der Waals surface area (Å²) >= 11 is 1.44. The number of aromatic nitrogens is 3. The van der Waals surface area contributed by atoms with Crippen LogP contribution in [0.15, 0.2) is 5.16 Å². The Morgan fingerprint density at radius 1 is 1.17 bits per heavy atom. The smallest absolute Gasteiger partial charge is 0.233 e. The Bertz CT molecular complexity index is 588. The lowest BCUT2D eigenvalue weighted by Crippen LogP contribution is -2.44. The van der Waals surface area contributed by atoms with Crippen molar-refractivity contribution in [2.75, 3.05) is 18.8 Å². The summed E-state index contributed by atoms with van der Waals surface area (Å²) in [5.74, 6) is 0.903. The van der Waals surface area contributed by atoms with Gasteiger partial charge in [0.1, 0.15) is 5.82 Å². The monoisotopic (exact) mass is 337 g/mol. The van der Waals surface area contributed by atoms with Crippen LogP contribution in [0.4, 0.5) is 0 Å². The number of aryl methyl sites for hydroxylation is 1. The average molecular weight is 337 g/mol. The molecular formula is C15H23N5O2S. The molecule has 2 aliphatic rings. The molecule has 1 atom stereocenters. The molecule has 1 fully saturated rings. The highest BCUT2D eigenvalue weighted by molar-refractivity contribution is 7.99. The van der Waals surface area contributed by atoms with Crippen molar-refractivity contribution in [2.24, 2.45) is 11.7 Å². The van der Waals surface area contributed by atoms with E-state index in [4.69, 9.17) is 5.73 Å². The molecule has 3 heterocycles. The molecule has 0 unspecified atom stereocenters. The number of carbonyl (C=O) groups excluding carboxylic acids is 2. The van der Waals surface area contributed by atoms with Crippen LogP contribution in [0.1, 0.15) is 37.9 Å². The molecular weight excluding hydrogens is 314 g/mol. The van der Waals surface area contributed by atoms with Crippen LogP contribution < -0.4 is 5.73 Å². The number of rotatable bonds is 4. The topological polar surface area (TPSA) is 94.1 Å². The van der Waals surface area contributed by atoms with E-state index >= 15 is 0 Å². The van der Waals surface area contributed by atoms with Gasteiger partial charge in [0, 0.05) is 26.1 Å². The van der Waals surface area contributed by atoms with Crippen LogP contribution in [0, 0.1) is 5.92 Å². The summed E-state index contributed by atoms with van der Waals surface area (Å²) in [4.78, 5) is 25.5. The minimum absolute atomic E-state index is 0.0481. The summed E-state index contributed by atoms with van der Waals surface area (Å²) in [5, 5.41) is 9.31. The number of carbonyl (C=O) groups is 2. The zero-order chi connectivity index (χ0) is 16.2. The molecule has 0 radical (unpaired) electrons. The lowest BCUT2D eigenvalue weighted by atomic mass is 9.97. The number of hydrogen-bond donors (Lipinski definition) is 1. The first kappa shape index (κ1) is 16.3. The largest absolute Gasteiger partial charge is 0.369 e. The quantitative estimate of drug-likeness (QED) is 0.821. The SMILES string of the molecule is NC(=O)[C@@H]1CCCN(C(=O)CSc2nnc3n2CCCCC3)C1. The van der Waals surface area contributed by atoms with Crippen molar-refractivity contribution in [2.45, 2.75) is 50.2 Å². The zero-order valence-electron chi connectivity index (χ0n) is 13.2. The van der Waals surface area contributed by atoms with Crippen LogP contribution in [0.25, 0.3) is 0 Å². The Balaban J connectivity index is 1.57. The minimum Gasteiger partial charge on any atom is -0.369 e. The van der Waals surface area contributed by atoms with Crippen LogP contribution in [-0.4, -0.2) is 50.3 Å². The van der Waals surface area contributed by atoms with E-state index in [0.717, 1.165) is 49.6 Å². The maximum Gasteiger partial charge on any atom is 0.233 e. The molecule has 1 aromatic rings. The number of primary amides is 1. The van der Waals surface area contributed by atoms with Gasteiger partial charge in [-0.05, 0) is 25.7 Å². The fraction of sp³-hybridized carbons (Fsp3) is 0.733. The summed E-state index contributed by atoms with van der Waals surface area (Å²) in [7, 11) is 0. The van der Waals surface area contributed by atoms with Gasteiger partial charge in [-0.1, -0.05) is 18.2 Å². The second-order valence-corrected chi connectivity index (χ2v) is 7.17. The number of thioether (sulfide) groups is 1. The van der Waals surface area contributed by atoms with E-state index < -0.39 is 0 Å². The van der Waals surface area contributed by atoms with E-state index in [1.807, 2.05) is 0 Å². The molecule has 0 bridgehead atoms. The Morgan fingerprint density at radius 2 is 2.04 bits per heavy atom. The third-order valence-electron chi connectivity index (χ3n) is 4.58. The third-order valence-corrected chi connectivity index (χ3v) is 5.53. The summed E-state index contributed by atoms with van der Waals surface area (Å²) in [6, 6.07) is 0. The molecule has 7 nitrogen and oxygen atoms in total. The standard InChI is InChI=1S/C15H23N5O2S/c16-14(22)11-5-4-7-19(9-11)13(21)10-23-15-18-17-12-6-2-1-3-8-20(12)15/h11H,1-10H2,(H2,16,22)/t11-/m1/s1. The first-order valence-corrected chi connectivity index (χ1v) is 9.25. The number of fused-ring (bicyclic) bond motifs is 1. The van der Waals surface area contributed by atoms with Crippen LogP contribution >= 0.6 is 11.8 Å². The van der Waals surface area contributed by atoms with Crippen molar-refractivity contribution in [3.63, 3.8) is 0 Å². The summed E-state index contributed by atoms with van der Waals surface area (Å²) < 4.78 is 2.15. The number of likely N-dealkylation sites (tertiary alicyclic amines) is 1. The van der Waals surface area contributed by atoms with E-state index in [1.165, 1.54) is 18.2 Å². The van der Waals surface area contributed by atoms with E-state index in [9.17, 15) is 9.59 Å². The Labute approximate surface area is 140 Å². The normalized spacial score (nSPS) is 21.6. The van der Waals surface area contributed by atoms with Gasteiger partial charge in [-0.3, -0.25) is 9.59 Å². The number of hydrogen-bond acceptors (Lipinski definition) is 5. The van der Waals surface area contributed by atoms with Gasteiger partial charge in [0.2, 0.25) is 11.8 Å². The van der Waals surface area contributed by atoms with E-state index in [-0.39, 0.29) is 17.7 Å². The zero-order valence-corrected chi connectivity index (χ0v) is 14.1. The Hall–Kier alpha value is -1.57. The molecule has 2 aliphatic heterocycles. The molecule has 8 heteroatoms. The highest BCUT2D eigenvalue weighted by Crippen LogP contribution is 2.23. The molecule has 23 heavy (non-hydrogen) atoms. The maximum absolute atomic E-state index is 12.4. The van der Waals surface area contributed by atoms with E-state index in [2.05, 4.69) is 14.8 Å². The van der Waals surface area contributed by atoms with Crippen LogP contribution in [0.5, 0.6) is 0 Å². The van der Waals surface area contributed by atoms with Gasteiger partial charge in [0.05, 0.1) is 11.7 Å². The number of nitrogens with two attached hydrogens (primary N) is 1. The molecule has 3 rings (SSSR count). The molecule has 2 amide bonds. The van der Waals surface area contributed by atoms with Gasteiger partial charge in [-0.2, -0.15) is 0 Å². The number of nitrogens with zero attached hydrogens (tertiary/aromatic N) is 4. The fourth-order valence-corrected chi connectivity index (χ4v) is 4.10. The van der Waals surface area contributed by atoms with Crippen molar-refractivity contribution in [1.82, 2.24) is 19.7 Å². The van der Waals surface area contributed by atoms with Crippen LogP contribution in [0.3, 0.4) is 0 Å². The summed E-state index contributed by atoms with van der Waals surface area (Å²) in [6.45, 7) is 2.10. The minimum atomic E-state index is -0.307. The highest BCUT2D eigenvalue weighted by atomic mass is 32.2. The molecule has 0 aromatic carbocycles. The van der Waals surface area contributed by atoms with Gasteiger partial charge < -0.3 is 15.2 Å². The van der Waals surface area contributed by atoms with Gasteiger partial charge in [-0.25, -0.2) is 0 Å². The van der Waals surface area contributed by atoms with Gasteiger partial charge in [-0.15, -0.1) is 10.2 Å². The van der Waals surface area contributed by atoms with E-state index in [1.54, 1.807) is 4.90 Å². The molecule has 126 valence electrons. The van der Waals surface area contributed by atoms with E-state index in [0.29, 0.717) is 18.8 Å². The van der Waals surface area contributed by atoms with Crippen LogP contribution in [-0.2, 0) is 22.6 Å². The van der Waals surface area contributed by atoms with Gasteiger partial charge in [0.15, 0.2) is 5.16 Å². The van der Waals surface area contributed by atoms with Crippen molar-refractivity contribution >= 4 is 23.6 Å². The lowest BCUT2D eigenvalue weighted by molar-refractivity contribution is -0.132. The van der Waals surface area contributed by atoms with Crippen molar-refractivity contribution < 1.29 is 9.59 Å². The average Bonchev–Trinajstić information content (AvgIpc) is 2.79. The predicted octanol–water partition coefficient (Wildman–Crippen LogP) is 0.820. The third kappa shape index (κ3) is 3.85. The highest BCUT2D eigenvalue weighted by Gasteiger charge is 2.27. The molecule has 0 spiro atoms. The molecule has 2 N–H and O–H groups in total. The fourth-order valence-electron chi connectivity index (χ4n) is 3.22. The lowest BCUT2D eigenvalue weighted by Gasteiger charge is -2.31. The van der Waals surface area contributed by atoms with Crippen LogP contribution in [0.2, 0.25) is 0 Å². The maximum atomic E-state index is 12.4. The van der Waals surface area contributed by atoms with Gasteiger partial charge in [0.25, 0.3) is 0 Å². The molecule has 0 saturated carbocycles. The molecule has 0 aliphatic carbocycles. The van der Waals surface area contributed by atoms with Crippen molar-refractivity contribution in [1.29, 1.82) is 0 Å². The molecule has 1 aromatic heterocycles. The molecule has 1 saturated heterocycles.